The van der Waals surface area contributed by atoms with Gasteiger partial charge in [0.1, 0.15) is 6.04 Å². The first-order chi connectivity index (χ1) is 22.3. The van der Waals surface area contributed by atoms with E-state index < -0.39 is 6.04 Å². The molecule has 3 aromatic rings. The Balaban J connectivity index is 1.12. The molecule has 0 bridgehead atoms. The molecular formula is C34H41ClN8O3. The lowest BCUT2D eigenvalue weighted by atomic mass is 9.99. The maximum absolute atomic E-state index is 14.0. The maximum Gasteiger partial charge on any atom is 0.343 e. The first-order valence-corrected chi connectivity index (χ1v) is 16.6. The Labute approximate surface area is 274 Å². The van der Waals surface area contributed by atoms with Crippen LogP contribution in [0.3, 0.4) is 0 Å². The molecule has 4 heterocycles. The number of piperidine rings is 2. The molecule has 4 N–H and O–H groups in total. The standard InChI is InChI=1S/C34H41ClN8O3/c1-2-24-20-23(21-28(35)30(24)36)22-29(32(44)41-16-10-26(11-17-41)40-14-6-7-15-40)37-33(45)42-18-12-27(13-19-42)43-34(46)38-31(39-43)25-8-4-3-5-9-25/h1,3-5,8-9,20-21,26-27,29H,6-7,10-19,22,36H2,(H,37,45)(H,38,39,46)/t29-/m1/s1. The van der Waals surface area contributed by atoms with Crippen molar-refractivity contribution in [2.24, 2.45) is 0 Å². The van der Waals surface area contributed by atoms with Crippen LogP contribution in [0.1, 0.15) is 55.7 Å². The van der Waals surface area contributed by atoms with Gasteiger partial charge in [-0.2, -0.15) is 0 Å². The number of benzene rings is 2. The number of nitrogens with one attached hydrogen (secondary N) is 2. The molecule has 0 aliphatic carbocycles. The molecule has 242 valence electrons. The Hall–Kier alpha value is -4.27. The van der Waals surface area contributed by atoms with Crippen LogP contribution in [0.5, 0.6) is 0 Å². The number of hydrogen-bond donors (Lipinski definition) is 3. The van der Waals surface area contributed by atoms with Crippen LogP contribution in [-0.4, -0.2) is 92.8 Å². The number of nitrogens with two attached hydrogens (primary N) is 1. The Morgan fingerprint density at radius 1 is 1.00 bits per heavy atom. The van der Waals surface area contributed by atoms with Gasteiger partial charge in [-0.15, -0.1) is 11.5 Å². The molecule has 0 unspecified atom stereocenters. The second-order valence-electron chi connectivity index (χ2n) is 12.5. The summed E-state index contributed by atoms with van der Waals surface area (Å²) >= 11 is 6.38. The minimum Gasteiger partial charge on any atom is -0.397 e. The number of likely N-dealkylation sites (tertiary alicyclic amines) is 3. The van der Waals surface area contributed by atoms with Gasteiger partial charge in [0.2, 0.25) is 5.91 Å². The van der Waals surface area contributed by atoms with Gasteiger partial charge in [0.25, 0.3) is 0 Å². The normalized spacial score (nSPS) is 18.8. The van der Waals surface area contributed by atoms with Crippen LogP contribution < -0.4 is 16.7 Å². The Kier molecular flexibility index (Phi) is 9.66. The fourth-order valence-electron chi connectivity index (χ4n) is 6.99. The fraction of sp³-hybridized carbons (Fsp3) is 0.471. The molecule has 0 spiro atoms. The molecule has 11 nitrogen and oxygen atoms in total. The number of carbonyl (C=O) groups excluding carboxylic acids is 2. The summed E-state index contributed by atoms with van der Waals surface area (Å²) in [6.07, 6.45) is 11.3. The van der Waals surface area contributed by atoms with E-state index in [1.807, 2.05) is 35.2 Å². The highest BCUT2D eigenvalue weighted by Crippen LogP contribution is 2.27. The van der Waals surface area contributed by atoms with Gasteiger partial charge < -0.3 is 25.8 Å². The average molecular weight is 645 g/mol. The van der Waals surface area contributed by atoms with Gasteiger partial charge in [-0.05, 0) is 69.3 Å². The molecule has 46 heavy (non-hydrogen) atoms. The number of urea groups is 1. The Bertz CT molecular complexity index is 1640. The molecule has 2 aromatic carbocycles. The fourth-order valence-corrected chi connectivity index (χ4v) is 7.23. The number of anilines is 1. The van der Waals surface area contributed by atoms with E-state index in [0.29, 0.717) is 67.2 Å². The van der Waals surface area contributed by atoms with E-state index in [1.54, 1.807) is 17.0 Å². The average Bonchev–Trinajstić information content (AvgIpc) is 3.77. The molecule has 0 radical (unpaired) electrons. The van der Waals surface area contributed by atoms with Gasteiger partial charge >= 0.3 is 11.7 Å². The van der Waals surface area contributed by atoms with Crippen molar-refractivity contribution < 1.29 is 9.59 Å². The van der Waals surface area contributed by atoms with Crippen molar-refractivity contribution in [1.82, 2.24) is 34.8 Å². The molecular weight excluding hydrogens is 604 g/mol. The van der Waals surface area contributed by atoms with E-state index >= 15 is 0 Å². The quantitative estimate of drug-likeness (QED) is 0.267. The lowest BCUT2D eigenvalue weighted by molar-refractivity contribution is -0.134. The summed E-state index contributed by atoms with van der Waals surface area (Å²) < 4.78 is 1.49. The van der Waals surface area contributed by atoms with E-state index in [1.165, 1.54) is 17.5 Å². The predicted octanol–water partition coefficient (Wildman–Crippen LogP) is 3.50. The van der Waals surface area contributed by atoms with Crippen molar-refractivity contribution in [2.45, 2.75) is 63.1 Å². The third-order valence-corrected chi connectivity index (χ3v) is 9.91. The number of carbonyl (C=O) groups is 2. The van der Waals surface area contributed by atoms with Gasteiger partial charge in [-0.1, -0.05) is 47.9 Å². The molecule has 3 aliphatic heterocycles. The first-order valence-electron chi connectivity index (χ1n) is 16.2. The highest BCUT2D eigenvalue weighted by molar-refractivity contribution is 6.33. The highest BCUT2D eigenvalue weighted by Gasteiger charge is 2.34. The number of nitrogens with zero attached hydrogens (tertiary/aromatic N) is 5. The van der Waals surface area contributed by atoms with Gasteiger partial charge in [0.15, 0.2) is 5.82 Å². The zero-order valence-electron chi connectivity index (χ0n) is 26.0. The number of H-pyrrole nitrogens is 1. The third kappa shape index (κ3) is 6.93. The van der Waals surface area contributed by atoms with Gasteiger partial charge in [-0.25, -0.2) is 14.3 Å². The SMILES string of the molecule is C#Cc1cc(C[C@@H](NC(=O)N2CCC(n3nc(-c4ccccc4)[nH]c3=O)CC2)C(=O)N2CCC(N3CCCC3)CC2)cc(Cl)c1N. The summed E-state index contributed by atoms with van der Waals surface area (Å²) in [5.41, 5.74) is 8.11. The molecule has 12 heteroatoms. The second-order valence-corrected chi connectivity index (χ2v) is 12.9. The Morgan fingerprint density at radius 3 is 2.33 bits per heavy atom. The predicted molar refractivity (Wildman–Crippen MR) is 178 cm³/mol. The number of rotatable bonds is 7. The largest absolute Gasteiger partial charge is 0.397 e. The Morgan fingerprint density at radius 2 is 1.65 bits per heavy atom. The van der Waals surface area contributed by atoms with Crippen molar-refractivity contribution in [3.05, 3.63) is 69.1 Å². The molecule has 3 amide bonds. The van der Waals surface area contributed by atoms with E-state index in [2.05, 4.69) is 26.2 Å². The molecule has 3 saturated heterocycles. The lowest BCUT2D eigenvalue weighted by Crippen LogP contribution is -2.56. The van der Waals surface area contributed by atoms with E-state index in [0.717, 1.165) is 37.1 Å². The van der Waals surface area contributed by atoms with Crippen molar-refractivity contribution in [3.63, 3.8) is 0 Å². The minimum absolute atomic E-state index is 0.116. The molecule has 1 aromatic heterocycles. The summed E-state index contributed by atoms with van der Waals surface area (Å²) in [4.78, 5) is 49.3. The highest BCUT2D eigenvalue weighted by atomic mass is 35.5. The smallest absolute Gasteiger partial charge is 0.343 e. The van der Waals surface area contributed by atoms with E-state index in [9.17, 15) is 14.4 Å². The summed E-state index contributed by atoms with van der Waals surface area (Å²) in [6, 6.07) is 12.2. The number of halogens is 1. The van der Waals surface area contributed by atoms with Crippen LogP contribution in [0, 0.1) is 12.3 Å². The first kappa shape index (κ1) is 31.7. The lowest BCUT2D eigenvalue weighted by Gasteiger charge is -2.38. The van der Waals surface area contributed by atoms with Gasteiger partial charge in [0.05, 0.1) is 16.8 Å². The molecule has 1 atom stereocenters. The van der Waals surface area contributed by atoms with E-state index in [4.69, 9.17) is 23.8 Å². The van der Waals surface area contributed by atoms with Crippen LogP contribution in [0.2, 0.25) is 5.02 Å². The van der Waals surface area contributed by atoms with Gasteiger partial charge in [-0.3, -0.25) is 9.78 Å². The second kappa shape index (κ2) is 14.0. The number of hydrogen-bond acceptors (Lipinski definition) is 6. The van der Waals surface area contributed by atoms with Crippen molar-refractivity contribution >= 4 is 29.2 Å². The van der Waals surface area contributed by atoms with Gasteiger partial charge in [0, 0.05) is 49.8 Å². The minimum atomic E-state index is -0.804. The maximum atomic E-state index is 14.0. The van der Waals surface area contributed by atoms with Crippen LogP contribution in [0.4, 0.5) is 10.5 Å². The molecule has 3 aliphatic rings. The van der Waals surface area contributed by atoms with Crippen LogP contribution >= 0.6 is 11.6 Å². The molecule has 3 fully saturated rings. The summed E-state index contributed by atoms with van der Waals surface area (Å²) in [5, 5.41) is 7.89. The van der Waals surface area contributed by atoms with E-state index in [-0.39, 0.29) is 30.1 Å². The van der Waals surface area contributed by atoms with Crippen LogP contribution in [-0.2, 0) is 11.2 Å². The van der Waals surface area contributed by atoms with Crippen molar-refractivity contribution in [3.8, 4) is 23.7 Å². The molecule has 0 saturated carbocycles. The number of terminal acetylenes is 1. The zero-order chi connectivity index (χ0) is 32.2. The number of amides is 3. The summed E-state index contributed by atoms with van der Waals surface area (Å²) in [6.45, 7) is 4.42. The van der Waals surface area contributed by atoms with Crippen LogP contribution in [0.15, 0.2) is 47.3 Å². The summed E-state index contributed by atoms with van der Waals surface area (Å²) in [5.74, 6) is 2.97. The third-order valence-electron chi connectivity index (χ3n) is 9.60. The van der Waals surface area contributed by atoms with Crippen molar-refractivity contribution in [1.29, 1.82) is 0 Å². The number of aromatic amines is 1. The number of nitrogen functional groups attached to an aromatic ring is 1. The topological polar surface area (TPSA) is 133 Å². The zero-order valence-corrected chi connectivity index (χ0v) is 26.7. The van der Waals surface area contributed by atoms with Crippen molar-refractivity contribution in [2.75, 3.05) is 45.0 Å². The van der Waals surface area contributed by atoms with Crippen LogP contribution in [0.25, 0.3) is 11.4 Å². The number of aromatic nitrogens is 3. The summed E-state index contributed by atoms with van der Waals surface area (Å²) in [7, 11) is 0. The molecule has 6 rings (SSSR count). The monoisotopic (exact) mass is 644 g/mol.